The molecule has 2 saturated heterocycles. The Hall–Kier alpha value is -2.42. The Morgan fingerprint density at radius 1 is 1.22 bits per heavy atom. The maximum Gasteiger partial charge on any atom is 0.331 e. The van der Waals surface area contributed by atoms with Gasteiger partial charge in [-0.2, -0.15) is 0 Å². The molecule has 8 heteroatoms. The Morgan fingerprint density at radius 3 is 2.59 bits per heavy atom. The molecule has 1 aliphatic carbocycles. The van der Waals surface area contributed by atoms with E-state index >= 15 is 0 Å². The van der Waals surface area contributed by atoms with Crippen LogP contribution in [0.25, 0.3) is 0 Å². The number of rotatable bonds is 7. The molecule has 0 aromatic carbocycles. The third-order valence-electron chi connectivity index (χ3n) is 6.87. The van der Waals surface area contributed by atoms with E-state index in [2.05, 4.69) is 13.2 Å². The van der Waals surface area contributed by atoms with Gasteiger partial charge in [0.15, 0.2) is 5.79 Å². The molecule has 0 unspecified atom stereocenters. The molecule has 4 rings (SSSR count). The highest BCUT2D eigenvalue weighted by Gasteiger charge is 2.78. The fourth-order valence-corrected chi connectivity index (χ4v) is 5.64. The highest BCUT2D eigenvalue weighted by Crippen LogP contribution is 2.68. The summed E-state index contributed by atoms with van der Waals surface area (Å²) in [6.45, 7) is 12.6. The molecule has 8 nitrogen and oxygen atoms in total. The summed E-state index contributed by atoms with van der Waals surface area (Å²) in [6.07, 6.45) is 8.50. The van der Waals surface area contributed by atoms with Crippen LogP contribution in [0.4, 0.5) is 0 Å². The van der Waals surface area contributed by atoms with Gasteiger partial charge in [-0.3, -0.25) is 0 Å². The molecule has 4 atom stereocenters. The lowest BCUT2D eigenvalue weighted by molar-refractivity contribution is -0.317. The van der Waals surface area contributed by atoms with Crippen molar-refractivity contribution < 1.29 is 38.0 Å². The van der Waals surface area contributed by atoms with Crippen LogP contribution in [0.3, 0.4) is 0 Å². The lowest BCUT2D eigenvalue weighted by Crippen LogP contribution is -2.67. The first kappa shape index (κ1) is 22.8. The van der Waals surface area contributed by atoms with Gasteiger partial charge in [0.2, 0.25) is 5.79 Å². The minimum atomic E-state index is -1.08. The zero-order chi connectivity index (χ0) is 23.0. The Balaban J connectivity index is 1.72. The topological polar surface area (TPSA) is 89.5 Å². The van der Waals surface area contributed by atoms with Crippen molar-refractivity contribution >= 4 is 11.9 Å². The summed E-state index contributed by atoms with van der Waals surface area (Å²) in [4.78, 5) is 24.2. The van der Waals surface area contributed by atoms with Crippen LogP contribution in [-0.4, -0.2) is 55.0 Å². The quantitative estimate of drug-likeness (QED) is 0.335. The predicted molar refractivity (Wildman–Crippen MR) is 113 cm³/mol. The van der Waals surface area contributed by atoms with Gasteiger partial charge in [-0.05, 0) is 25.5 Å². The van der Waals surface area contributed by atoms with E-state index in [-0.39, 0.29) is 6.61 Å². The molecule has 0 radical (unpaired) electrons. The summed E-state index contributed by atoms with van der Waals surface area (Å²) in [5.41, 5.74) is -1.80. The molecule has 2 bridgehead atoms. The van der Waals surface area contributed by atoms with E-state index in [9.17, 15) is 9.59 Å². The summed E-state index contributed by atoms with van der Waals surface area (Å²) < 4.78 is 35.9. The van der Waals surface area contributed by atoms with Crippen LogP contribution in [0.15, 0.2) is 49.3 Å². The van der Waals surface area contributed by atoms with E-state index in [0.717, 1.165) is 12.2 Å². The van der Waals surface area contributed by atoms with Gasteiger partial charge in [0.1, 0.15) is 17.5 Å². The zero-order valence-corrected chi connectivity index (χ0v) is 18.6. The first-order valence-corrected chi connectivity index (χ1v) is 11.0. The number of fused-ring (bicyclic) bond motifs is 2. The molecule has 3 aliphatic heterocycles. The highest BCUT2D eigenvalue weighted by atomic mass is 16.8. The zero-order valence-electron chi connectivity index (χ0n) is 18.6. The molecular weight excluding hydrogens is 416 g/mol. The lowest BCUT2D eigenvalue weighted by Gasteiger charge is -2.56. The average Bonchev–Trinajstić information content (AvgIpc) is 3.31. The smallest absolute Gasteiger partial charge is 0.331 e. The van der Waals surface area contributed by atoms with E-state index in [1.165, 1.54) is 0 Å². The minimum Gasteiger partial charge on any atom is -0.463 e. The van der Waals surface area contributed by atoms with Crippen molar-refractivity contribution in [2.24, 2.45) is 5.41 Å². The Labute approximate surface area is 187 Å². The van der Waals surface area contributed by atoms with Crippen LogP contribution in [0.2, 0.25) is 0 Å². The van der Waals surface area contributed by atoms with E-state index in [1.807, 2.05) is 13.0 Å². The third kappa shape index (κ3) is 3.32. The Kier molecular flexibility index (Phi) is 5.81. The van der Waals surface area contributed by atoms with Gasteiger partial charge < -0.3 is 28.4 Å². The number of ether oxygens (including phenoxy) is 6. The summed E-state index contributed by atoms with van der Waals surface area (Å²) >= 11 is 0. The summed E-state index contributed by atoms with van der Waals surface area (Å²) in [5, 5.41) is 0. The Morgan fingerprint density at radius 2 is 1.94 bits per heavy atom. The molecule has 2 spiro atoms. The SMILES string of the molecule is C=CC[C@@]12C[C@]3(C)C4(CC[C@@H](OC(=O)/C=C/C(=O)OCC)[C@]3(C=C(C=C)O1)O2)OCCO4. The van der Waals surface area contributed by atoms with E-state index in [1.54, 1.807) is 19.1 Å². The van der Waals surface area contributed by atoms with Crippen LogP contribution in [-0.2, 0) is 38.0 Å². The number of hydrogen-bond acceptors (Lipinski definition) is 8. The Bertz CT molecular complexity index is 869. The monoisotopic (exact) mass is 446 g/mol. The molecule has 3 heterocycles. The molecule has 0 amide bonds. The molecule has 1 saturated carbocycles. The molecule has 0 aromatic heterocycles. The first-order valence-electron chi connectivity index (χ1n) is 11.0. The highest BCUT2D eigenvalue weighted by molar-refractivity contribution is 5.91. The third-order valence-corrected chi connectivity index (χ3v) is 6.87. The van der Waals surface area contributed by atoms with Crippen molar-refractivity contribution in [1.82, 2.24) is 0 Å². The standard InChI is InChI=1S/C24H30O8/c1-5-11-22-16-21(4)23(32-22,15-17(6-2)31-22)18(10-12-24(21)28-13-14-29-24)30-20(26)9-8-19(25)27-7-3/h5-6,8-9,15,18H,1-2,7,10-14,16H2,3-4H3/b9-8+/t18-,21+,22-,23+/m1/s1. The molecule has 32 heavy (non-hydrogen) atoms. The fourth-order valence-electron chi connectivity index (χ4n) is 5.64. The van der Waals surface area contributed by atoms with Crippen LogP contribution >= 0.6 is 0 Å². The van der Waals surface area contributed by atoms with Gasteiger partial charge in [0.25, 0.3) is 0 Å². The first-order chi connectivity index (χ1) is 15.3. The second kappa shape index (κ2) is 8.17. The van der Waals surface area contributed by atoms with Crippen molar-refractivity contribution in [1.29, 1.82) is 0 Å². The van der Waals surface area contributed by atoms with E-state index in [4.69, 9.17) is 28.4 Å². The van der Waals surface area contributed by atoms with Crippen molar-refractivity contribution in [3.05, 3.63) is 49.3 Å². The van der Waals surface area contributed by atoms with Gasteiger partial charge in [-0.25, -0.2) is 9.59 Å². The van der Waals surface area contributed by atoms with Gasteiger partial charge >= 0.3 is 11.9 Å². The second-order valence-electron chi connectivity index (χ2n) is 8.66. The van der Waals surface area contributed by atoms with Crippen molar-refractivity contribution in [3.8, 4) is 0 Å². The molecule has 0 N–H and O–H groups in total. The van der Waals surface area contributed by atoms with Crippen LogP contribution in [0, 0.1) is 5.41 Å². The molecule has 3 fully saturated rings. The normalized spacial score (nSPS) is 36.8. The molecule has 174 valence electrons. The second-order valence-corrected chi connectivity index (χ2v) is 8.66. The molecule has 0 aromatic rings. The van der Waals surface area contributed by atoms with Crippen LogP contribution in [0.1, 0.15) is 39.5 Å². The fraction of sp³-hybridized carbons (Fsp3) is 0.583. The van der Waals surface area contributed by atoms with Crippen molar-refractivity contribution in [2.75, 3.05) is 19.8 Å². The average molecular weight is 446 g/mol. The van der Waals surface area contributed by atoms with Gasteiger partial charge in [-0.1, -0.05) is 19.6 Å². The maximum atomic E-state index is 12.6. The largest absolute Gasteiger partial charge is 0.463 e. The number of allylic oxidation sites excluding steroid dienone is 1. The summed E-state index contributed by atoms with van der Waals surface area (Å²) in [7, 11) is 0. The van der Waals surface area contributed by atoms with Crippen LogP contribution < -0.4 is 0 Å². The molecular formula is C24H30O8. The number of esters is 2. The van der Waals surface area contributed by atoms with Gasteiger partial charge in [0, 0.05) is 31.4 Å². The van der Waals surface area contributed by atoms with Crippen LogP contribution in [0.5, 0.6) is 0 Å². The maximum absolute atomic E-state index is 12.6. The minimum absolute atomic E-state index is 0.221. The van der Waals surface area contributed by atoms with Gasteiger partial charge in [0.05, 0.1) is 25.2 Å². The van der Waals surface area contributed by atoms with E-state index in [0.29, 0.717) is 44.7 Å². The van der Waals surface area contributed by atoms with Crippen molar-refractivity contribution in [2.45, 2.75) is 62.8 Å². The van der Waals surface area contributed by atoms with Gasteiger partial charge in [-0.15, -0.1) is 6.58 Å². The lowest BCUT2D eigenvalue weighted by atomic mass is 9.58. The molecule has 4 aliphatic rings. The summed E-state index contributed by atoms with van der Waals surface area (Å²) in [6, 6.07) is 0. The van der Waals surface area contributed by atoms with Crippen molar-refractivity contribution in [3.63, 3.8) is 0 Å². The predicted octanol–water partition coefficient (Wildman–Crippen LogP) is 3.09. The summed E-state index contributed by atoms with van der Waals surface area (Å²) in [5.74, 6) is -2.62. The number of carbonyl (C=O) groups is 2. The van der Waals surface area contributed by atoms with E-state index < -0.39 is 40.6 Å². The number of hydrogen-bond donors (Lipinski definition) is 0. The number of carbonyl (C=O) groups excluding carboxylic acids is 2.